The second-order valence-electron chi connectivity index (χ2n) is 4.86. The highest BCUT2D eigenvalue weighted by atomic mass is 32.2. The molecule has 1 heterocycles. The van der Waals surface area contributed by atoms with Crippen LogP contribution < -0.4 is 5.73 Å². The lowest BCUT2D eigenvalue weighted by molar-refractivity contribution is 0.794. The van der Waals surface area contributed by atoms with Crippen LogP contribution in [-0.4, -0.2) is 9.82 Å². The fourth-order valence-electron chi connectivity index (χ4n) is 2.17. The number of rotatable bonds is 5. The Bertz CT molecular complexity index is 529. The van der Waals surface area contributed by atoms with Crippen molar-refractivity contribution in [3.63, 3.8) is 0 Å². The van der Waals surface area contributed by atoms with Gasteiger partial charge < -0.3 is 10.3 Å². The van der Waals surface area contributed by atoms with E-state index in [1.165, 1.54) is 22.0 Å². The zero-order valence-electron chi connectivity index (χ0n) is 11.4. The third-order valence-electron chi connectivity index (χ3n) is 3.18. The number of hydrogen-bond donors (Lipinski definition) is 1. The van der Waals surface area contributed by atoms with Crippen molar-refractivity contribution in [2.24, 2.45) is 5.73 Å². The summed E-state index contributed by atoms with van der Waals surface area (Å²) in [7, 11) is 0. The minimum absolute atomic E-state index is 0.612. The van der Waals surface area contributed by atoms with Gasteiger partial charge in [-0.1, -0.05) is 26.0 Å². The van der Waals surface area contributed by atoms with Crippen LogP contribution >= 0.6 is 11.8 Å². The van der Waals surface area contributed by atoms with Gasteiger partial charge in [0.05, 0.1) is 0 Å². The zero-order chi connectivity index (χ0) is 13.1. The zero-order valence-corrected chi connectivity index (χ0v) is 12.3. The van der Waals surface area contributed by atoms with Crippen molar-refractivity contribution in [3.05, 3.63) is 35.5 Å². The van der Waals surface area contributed by atoms with Crippen molar-refractivity contribution in [2.75, 3.05) is 0 Å². The van der Waals surface area contributed by atoms with Gasteiger partial charge in [0.1, 0.15) is 0 Å². The van der Waals surface area contributed by atoms with E-state index in [1.807, 2.05) is 11.8 Å². The van der Waals surface area contributed by atoms with E-state index >= 15 is 0 Å². The second kappa shape index (κ2) is 5.81. The number of hydrogen-bond acceptors (Lipinski definition) is 2. The molecule has 0 aliphatic carbocycles. The van der Waals surface area contributed by atoms with Crippen LogP contribution in [0.1, 0.15) is 31.9 Å². The van der Waals surface area contributed by atoms with E-state index in [0.29, 0.717) is 11.8 Å². The fraction of sp³-hybridized carbons (Fsp3) is 0.467. The summed E-state index contributed by atoms with van der Waals surface area (Å²) in [5.41, 5.74) is 9.69. The Labute approximate surface area is 114 Å². The molecule has 3 heteroatoms. The number of aryl methyl sites for hydroxylation is 1. The van der Waals surface area contributed by atoms with Crippen LogP contribution in [-0.2, 0) is 18.8 Å². The van der Waals surface area contributed by atoms with Gasteiger partial charge in [0.15, 0.2) is 0 Å². The topological polar surface area (TPSA) is 30.9 Å². The van der Waals surface area contributed by atoms with Gasteiger partial charge in [-0.25, -0.2) is 0 Å². The third kappa shape index (κ3) is 2.73. The highest BCUT2D eigenvalue weighted by Gasteiger charge is 2.09. The summed E-state index contributed by atoms with van der Waals surface area (Å²) in [6.07, 6.45) is 2.29. The molecule has 0 aliphatic heterocycles. The van der Waals surface area contributed by atoms with Gasteiger partial charge in [0.2, 0.25) is 0 Å². The van der Waals surface area contributed by atoms with Crippen molar-refractivity contribution >= 4 is 22.7 Å². The van der Waals surface area contributed by atoms with Gasteiger partial charge >= 0.3 is 0 Å². The Hall–Kier alpha value is -0.930. The first-order valence-electron chi connectivity index (χ1n) is 6.58. The molecule has 0 radical (unpaired) electrons. The highest BCUT2D eigenvalue weighted by Crippen LogP contribution is 2.27. The SMILES string of the molecule is CCn1cc(CSC(C)C)c2ccc(CN)cc21. The van der Waals surface area contributed by atoms with Crippen molar-refractivity contribution in [1.82, 2.24) is 4.57 Å². The molecule has 2 rings (SSSR count). The summed E-state index contributed by atoms with van der Waals surface area (Å²) in [6.45, 7) is 8.30. The molecule has 0 bridgehead atoms. The summed E-state index contributed by atoms with van der Waals surface area (Å²) >= 11 is 1.99. The Morgan fingerprint density at radius 2 is 2.11 bits per heavy atom. The predicted octanol–water partition coefficient (Wildman–Crippen LogP) is 3.76. The maximum atomic E-state index is 5.72. The Balaban J connectivity index is 2.42. The smallest absolute Gasteiger partial charge is 0.0486 e. The lowest BCUT2D eigenvalue weighted by atomic mass is 10.1. The molecule has 2 nitrogen and oxygen atoms in total. The first-order valence-corrected chi connectivity index (χ1v) is 7.63. The maximum absolute atomic E-state index is 5.72. The largest absolute Gasteiger partial charge is 0.347 e. The van der Waals surface area contributed by atoms with Crippen LogP contribution in [0.25, 0.3) is 10.9 Å². The molecular weight excluding hydrogens is 240 g/mol. The number of aromatic nitrogens is 1. The molecule has 18 heavy (non-hydrogen) atoms. The van der Waals surface area contributed by atoms with Gasteiger partial charge in [0.25, 0.3) is 0 Å². The van der Waals surface area contributed by atoms with E-state index < -0.39 is 0 Å². The molecule has 0 amide bonds. The molecule has 0 saturated heterocycles. The minimum Gasteiger partial charge on any atom is -0.347 e. The van der Waals surface area contributed by atoms with Crippen LogP contribution in [0.15, 0.2) is 24.4 Å². The molecule has 2 N–H and O–H groups in total. The average Bonchev–Trinajstić information content (AvgIpc) is 2.73. The van der Waals surface area contributed by atoms with Crippen molar-refractivity contribution in [1.29, 1.82) is 0 Å². The molecule has 1 aromatic heterocycles. The highest BCUT2D eigenvalue weighted by molar-refractivity contribution is 7.99. The average molecular weight is 262 g/mol. The first-order chi connectivity index (χ1) is 8.65. The van der Waals surface area contributed by atoms with Gasteiger partial charge in [-0.3, -0.25) is 0 Å². The van der Waals surface area contributed by atoms with E-state index in [2.05, 4.69) is 49.7 Å². The molecule has 0 spiro atoms. The third-order valence-corrected chi connectivity index (χ3v) is 4.32. The number of thioether (sulfide) groups is 1. The maximum Gasteiger partial charge on any atom is 0.0486 e. The molecule has 0 saturated carbocycles. The number of fused-ring (bicyclic) bond motifs is 1. The van der Waals surface area contributed by atoms with Crippen molar-refractivity contribution in [3.8, 4) is 0 Å². The van der Waals surface area contributed by atoms with E-state index in [1.54, 1.807) is 0 Å². The van der Waals surface area contributed by atoms with Crippen LogP contribution in [0.2, 0.25) is 0 Å². The van der Waals surface area contributed by atoms with E-state index in [9.17, 15) is 0 Å². The molecule has 98 valence electrons. The first kappa shape index (κ1) is 13.5. The van der Waals surface area contributed by atoms with Gasteiger partial charge in [-0.2, -0.15) is 11.8 Å². The molecule has 2 aromatic rings. The van der Waals surface area contributed by atoms with Crippen LogP contribution in [0.4, 0.5) is 0 Å². The van der Waals surface area contributed by atoms with E-state index in [4.69, 9.17) is 5.73 Å². The Morgan fingerprint density at radius 3 is 2.72 bits per heavy atom. The van der Waals surface area contributed by atoms with Crippen molar-refractivity contribution in [2.45, 2.75) is 44.9 Å². The monoisotopic (exact) mass is 262 g/mol. The molecular formula is C15H22N2S. The van der Waals surface area contributed by atoms with Crippen LogP contribution in [0, 0.1) is 0 Å². The fourth-order valence-corrected chi connectivity index (χ4v) is 2.92. The molecule has 1 aromatic carbocycles. The van der Waals surface area contributed by atoms with Crippen LogP contribution in [0.5, 0.6) is 0 Å². The van der Waals surface area contributed by atoms with Gasteiger partial charge in [-0.05, 0) is 29.4 Å². The summed E-state index contributed by atoms with van der Waals surface area (Å²) in [6, 6.07) is 6.59. The minimum atomic E-state index is 0.612. The Morgan fingerprint density at radius 1 is 1.33 bits per heavy atom. The predicted molar refractivity (Wildman–Crippen MR) is 81.9 cm³/mol. The summed E-state index contributed by atoms with van der Waals surface area (Å²) < 4.78 is 2.32. The van der Waals surface area contributed by atoms with Crippen LogP contribution in [0.3, 0.4) is 0 Å². The molecule has 0 atom stereocenters. The van der Waals surface area contributed by atoms with E-state index in [-0.39, 0.29) is 0 Å². The van der Waals surface area contributed by atoms with Crippen molar-refractivity contribution < 1.29 is 0 Å². The summed E-state index contributed by atoms with van der Waals surface area (Å²) in [4.78, 5) is 0. The van der Waals surface area contributed by atoms with Gasteiger partial charge in [-0.15, -0.1) is 0 Å². The normalized spacial score (nSPS) is 11.6. The summed E-state index contributed by atoms with van der Waals surface area (Å²) in [5, 5.41) is 2.05. The number of nitrogens with two attached hydrogens (primary N) is 1. The van der Waals surface area contributed by atoms with Gasteiger partial charge in [0, 0.05) is 35.9 Å². The summed E-state index contributed by atoms with van der Waals surface area (Å²) in [5.74, 6) is 1.09. The standard InChI is InChI=1S/C15H22N2S/c1-4-17-9-13(10-18-11(2)3)14-6-5-12(8-16)7-15(14)17/h5-7,9,11H,4,8,10,16H2,1-3H3. The number of benzene rings is 1. The second-order valence-corrected chi connectivity index (χ2v) is 6.42. The van der Waals surface area contributed by atoms with E-state index in [0.717, 1.165) is 12.3 Å². The quantitative estimate of drug-likeness (QED) is 0.889. The lowest BCUT2D eigenvalue weighted by Crippen LogP contribution is -1.97. The molecule has 0 aliphatic rings. The number of nitrogens with zero attached hydrogens (tertiary/aromatic N) is 1. The molecule has 0 unspecified atom stereocenters. The lowest BCUT2D eigenvalue weighted by Gasteiger charge is -2.04. The molecule has 0 fully saturated rings. The Kier molecular flexibility index (Phi) is 4.36.